The highest BCUT2D eigenvalue weighted by atomic mass is 35.5. The minimum atomic E-state index is -1.83. The average molecular weight is 647 g/mol. The summed E-state index contributed by atoms with van der Waals surface area (Å²) in [7, 11) is 0. The van der Waals surface area contributed by atoms with Crippen molar-refractivity contribution in [2.45, 2.75) is 62.4 Å². The van der Waals surface area contributed by atoms with Crippen LogP contribution in [-0.4, -0.2) is 74.8 Å². The molecule has 0 unspecified atom stereocenters. The Morgan fingerprint density at radius 2 is 1.77 bits per heavy atom. The van der Waals surface area contributed by atoms with E-state index >= 15 is 0 Å². The van der Waals surface area contributed by atoms with Crippen LogP contribution < -0.4 is 11.1 Å². The van der Waals surface area contributed by atoms with Crippen LogP contribution in [0, 0.1) is 0 Å². The maximum absolute atomic E-state index is 13.5. The predicted molar refractivity (Wildman–Crippen MR) is 160 cm³/mol. The first kappa shape index (κ1) is 31.9. The van der Waals surface area contributed by atoms with Crippen LogP contribution in [0.1, 0.15) is 68.8 Å². The monoisotopic (exact) mass is 646 g/mol. The number of thiophene rings is 1. The van der Waals surface area contributed by atoms with Gasteiger partial charge in [0.2, 0.25) is 0 Å². The number of benzene rings is 2. The number of carbonyl (C=O) groups is 3. The van der Waals surface area contributed by atoms with Gasteiger partial charge in [-0.3, -0.25) is 14.9 Å². The molecule has 1 amide bonds. The van der Waals surface area contributed by atoms with E-state index in [4.69, 9.17) is 19.9 Å². The van der Waals surface area contributed by atoms with E-state index in [1.165, 1.54) is 23.5 Å². The van der Waals surface area contributed by atoms with Crippen molar-refractivity contribution in [3.05, 3.63) is 75.2 Å². The van der Waals surface area contributed by atoms with Gasteiger partial charge in [0.05, 0.1) is 34.4 Å². The molecule has 0 spiro atoms. The number of nitrogens with one attached hydrogen (secondary N) is 1. The van der Waals surface area contributed by atoms with Gasteiger partial charge in [0.15, 0.2) is 17.9 Å². The van der Waals surface area contributed by atoms with Crippen LogP contribution in [0.25, 0.3) is 0 Å². The molecule has 1 saturated heterocycles. The molecule has 44 heavy (non-hydrogen) atoms. The van der Waals surface area contributed by atoms with Crippen molar-refractivity contribution >= 4 is 46.4 Å². The summed E-state index contributed by atoms with van der Waals surface area (Å²) < 4.78 is 17.3. The Kier molecular flexibility index (Phi) is 8.75. The number of rotatable bonds is 5. The SMILES string of the molecule is C[C@@H]1O[C@@H](O[C@H]2C[C@](O)(COC(=O)Nc3cccs3)Cc3c(O)c4c(c(O)c32)C(=O)c2ccccc2C4=O)C[C@H](N)[C@H]1O.Cl. The lowest BCUT2D eigenvalue weighted by molar-refractivity contribution is -0.248. The van der Waals surface area contributed by atoms with Crippen molar-refractivity contribution in [1.29, 1.82) is 0 Å². The van der Waals surface area contributed by atoms with Crippen LogP contribution in [0.4, 0.5) is 9.80 Å². The van der Waals surface area contributed by atoms with Gasteiger partial charge < -0.3 is 40.4 Å². The van der Waals surface area contributed by atoms with Crippen molar-refractivity contribution in [1.82, 2.24) is 0 Å². The molecule has 1 aliphatic heterocycles. The number of aliphatic hydroxyl groups is 2. The topological polar surface area (TPSA) is 198 Å². The third-order valence-corrected chi connectivity index (χ3v) is 8.92. The fourth-order valence-electron chi connectivity index (χ4n) is 6.03. The molecule has 0 radical (unpaired) electrons. The Bertz CT molecular complexity index is 1600. The van der Waals surface area contributed by atoms with Crippen LogP contribution in [-0.2, 0) is 20.6 Å². The van der Waals surface area contributed by atoms with E-state index in [0.717, 1.165) is 0 Å². The summed E-state index contributed by atoms with van der Waals surface area (Å²) in [5.41, 5.74) is 3.61. The Balaban J connectivity index is 0.00000384. The molecule has 1 fully saturated rings. The van der Waals surface area contributed by atoms with Crippen LogP contribution >= 0.6 is 23.7 Å². The largest absolute Gasteiger partial charge is 0.507 e. The number of fused-ring (bicyclic) bond motifs is 3. The summed E-state index contributed by atoms with van der Waals surface area (Å²) in [6.07, 6.45) is -5.18. The molecule has 6 rings (SSSR count). The van der Waals surface area contributed by atoms with E-state index in [1.54, 1.807) is 36.6 Å². The molecular weight excluding hydrogens is 616 g/mol. The summed E-state index contributed by atoms with van der Waals surface area (Å²) in [5.74, 6) is -2.47. The zero-order chi connectivity index (χ0) is 30.6. The number of phenolic OH excluding ortho intramolecular Hbond substituents is 2. The second kappa shape index (κ2) is 12.1. The summed E-state index contributed by atoms with van der Waals surface area (Å²) in [5, 5.41) is 49.8. The van der Waals surface area contributed by atoms with E-state index in [2.05, 4.69) is 5.32 Å². The van der Waals surface area contributed by atoms with Gasteiger partial charge in [-0.1, -0.05) is 24.3 Å². The summed E-state index contributed by atoms with van der Waals surface area (Å²) in [4.78, 5) is 39.5. The molecule has 0 bridgehead atoms. The molecule has 7 N–H and O–H groups in total. The van der Waals surface area contributed by atoms with Crippen molar-refractivity contribution in [2.75, 3.05) is 11.9 Å². The quantitative estimate of drug-likeness (QED) is 0.174. The van der Waals surface area contributed by atoms with Crippen molar-refractivity contribution in [3.63, 3.8) is 0 Å². The van der Waals surface area contributed by atoms with Gasteiger partial charge in [0.25, 0.3) is 0 Å². The molecule has 0 saturated carbocycles. The lowest BCUT2D eigenvalue weighted by atomic mass is 9.73. The molecule has 14 heteroatoms. The minimum absolute atomic E-state index is 0. The van der Waals surface area contributed by atoms with Gasteiger partial charge in [-0.15, -0.1) is 23.7 Å². The van der Waals surface area contributed by atoms with Gasteiger partial charge >= 0.3 is 6.09 Å². The molecule has 3 aromatic rings. The molecule has 2 aromatic carbocycles. The molecule has 2 heterocycles. The molecule has 12 nitrogen and oxygen atoms in total. The number of nitrogens with two attached hydrogens (primary N) is 1. The van der Waals surface area contributed by atoms with Gasteiger partial charge in [0.1, 0.15) is 23.7 Å². The Hall–Kier alpha value is -3.56. The van der Waals surface area contributed by atoms with Crippen molar-refractivity contribution in [3.8, 4) is 11.5 Å². The van der Waals surface area contributed by atoms with E-state index in [1.807, 2.05) is 0 Å². The Labute approximate surface area is 261 Å². The van der Waals surface area contributed by atoms with E-state index in [9.17, 15) is 34.8 Å². The zero-order valence-corrected chi connectivity index (χ0v) is 25.0. The third kappa shape index (κ3) is 5.56. The number of hydrogen-bond acceptors (Lipinski definition) is 12. The molecule has 3 aliphatic rings. The molecular formula is C30H31ClN2O10S. The Morgan fingerprint density at radius 3 is 2.39 bits per heavy atom. The van der Waals surface area contributed by atoms with E-state index in [0.29, 0.717) is 5.00 Å². The number of carbonyl (C=O) groups excluding carboxylic acids is 3. The smallest absolute Gasteiger partial charge is 0.412 e. The predicted octanol–water partition coefficient (Wildman–Crippen LogP) is 3.16. The fraction of sp³-hybridized carbons (Fsp3) is 0.367. The minimum Gasteiger partial charge on any atom is -0.507 e. The summed E-state index contributed by atoms with van der Waals surface area (Å²) in [6, 6.07) is 8.81. The van der Waals surface area contributed by atoms with Crippen LogP contribution in [0.3, 0.4) is 0 Å². The molecule has 1 aromatic heterocycles. The maximum Gasteiger partial charge on any atom is 0.412 e. The summed E-state index contributed by atoms with van der Waals surface area (Å²) >= 11 is 1.28. The number of anilines is 1. The fourth-order valence-corrected chi connectivity index (χ4v) is 6.63. The number of hydrogen-bond donors (Lipinski definition) is 6. The number of halogens is 1. The van der Waals surface area contributed by atoms with Crippen LogP contribution in [0.2, 0.25) is 0 Å². The first-order valence-corrected chi connectivity index (χ1v) is 14.6. The molecule has 2 aliphatic carbocycles. The number of aromatic hydroxyl groups is 2. The summed E-state index contributed by atoms with van der Waals surface area (Å²) in [6.45, 7) is 1.09. The number of ether oxygens (including phenoxy) is 3. The highest BCUT2D eigenvalue weighted by molar-refractivity contribution is 7.14. The maximum atomic E-state index is 13.5. The highest BCUT2D eigenvalue weighted by Gasteiger charge is 2.48. The lowest BCUT2D eigenvalue weighted by Gasteiger charge is -2.42. The highest BCUT2D eigenvalue weighted by Crippen LogP contribution is 2.52. The van der Waals surface area contributed by atoms with Gasteiger partial charge in [0, 0.05) is 47.6 Å². The number of ketones is 2. The van der Waals surface area contributed by atoms with Gasteiger partial charge in [-0.25, -0.2) is 4.79 Å². The molecule has 234 valence electrons. The number of aliphatic hydroxyl groups excluding tert-OH is 1. The second-order valence-corrected chi connectivity index (χ2v) is 12.1. The van der Waals surface area contributed by atoms with E-state index in [-0.39, 0.29) is 65.1 Å². The van der Waals surface area contributed by atoms with Crippen LogP contribution in [0.15, 0.2) is 41.8 Å². The van der Waals surface area contributed by atoms with E-state index < -0.39 is 72.0 Å². The van der Waals surface area contributed by atoms with Crippen molar-refractivity contribution in [2.24, 2.45) is 5.73 Å². The van der Waals surface area contributed by atoms with Crippen molar-refractivity contribution < 1.29 is 49.0 Å². The second-order valence-electron chi connectivity index (χ2n) is 11.1. The normalized spacial score (nSPS) is 27.4. The average Bonchev–Trinajstić information content (AvgIpc) is 3.48. The van der Waals surface area contributed by atoms with Gasteiger partial charge in [-0.2, -0.15) is 0 Å². The third-order valence-electron chi connectivity index (χ3n) is 8.14. The first-order valence-electron chi connectivity index (χ1n) is 13.7. The standard InChI is InChI=1S/C30H30N2O10S.ClH/c1-13-24(33)17(31)9-20(41-13)42-18-11-30(39,12-40-29(38)32-19-7-4-8-43-19)10-16-21(18)28(37)23-22(27(16)36)25(34)14-5-2-3-6-15(14)26(23)35;/h2-8,13,17-18,20,24,33,36-37,39H,9-12,31H2,1H3,(H,32,38);1H/t13-,17-,18-,20-,24-,30-;/m0./s1. The Morgan fingerprint density at radius 1 is 1.11 bits per heavy atom. The zero-order valence-electron chi connectivity index (χ0n) is 23.4. The van der Waals surface area contributed by atoms with Crippen LogP contribution in [0.5, 0.6) is 11.5 Å². The number of phenols is 2. The number of amides is 1. The first-order chi connectivity index (χ1) is 20.5. The van der Waals surface area contributed by atoms with Gasteiger partial charge in [-0.05, 0) is 24.4 Å². The lowest BCUT2D eigenvalue weighted by Crippen LogP contribution is -2.52. The molecule has 6 atom stereocenters.